The van der Waals surface area contributed by atoms with Crippen LogP contribution < -0.4 is 5.32 Å². The smallest absolute Gasteiger partial charge is 0.131 e. The summed E-state index contributed by atoms with van der Waals surface area (Å²) < 4.78 is 0. The van der Waals surface area contributed by atoms with E-state index in [2.05, 4.69) is 49.9 Å². The molecular weight excluding hydrogens is 198 g/mol. The molecule has 0 bridgehead atoms. The van der Waals surface area contributed by atoms with E-state index in [9.17, 15) is 0 Å². The largest absolute Gasteiger partial charge is 0.306 e. The first-order valence-corrected chi connectivity index (χ1v) is 5.87. The van der Waals surface area contributed by atoms with Crippen LogP contribution in [0.5, 0.6) is 0 Å². The molecule has 1 heterocycles. The standard InChI is InChI=1S/C13H23N3/c1-9(2)12-15-10(3)7-11(16-12)8-14-13(4,5)6/h7,9,14H,8H2,1-6H3. The fourth-order valence-electron chi connectivity index (χ4n) is 1.36. The lowest BCUT2D eigenvalue weighted by Crippen LogP contribution is -2.35. The number of aromatic nitrogens is 2. The average Bonchev–Trinajstić information content (AvgIpc) is 2.13. The lowest BCUT2D eigenvalue weighted by Gasteiger charge is -2.20. The maximum Gasteiger partial charge on any atom is 0.131 e. The van der Waals surface area contributed by atoms with E-state index < -0.39 is 0 Å². The van der Waals surface area contributed by atoms with Gasteiger partial charge in [-0.15, -0.1) is 0 Å². The van der Waals surface area contributed by atoms with E-state index in [1.54, 1.807) is 0 Å². The Morgan fingerprint density at radius 2 is 1.88 bits per heavy atom. The van der Waals surface area contributed by atoms with E-state index in [-0.39, 0.29) is 5.54 Å². The Kier molecular flexibility index (Phi) is 4.03. The van der Waals surface area contributed by atoms with E-state index in [4.69, 9.17) is 0 Å². The summed E-state index contributed by atoms with van der Waals surface area (Å²) in [6.45, 7) is 13.5. The van der Waals surface area contributed by atoms with Gasteiger partial charge in [-0.2, -0.15) is 0 Å². The SMILES string of the molecule is Cc1cc(CNC(C)(C)C)nc(C(C)C)n1. The maximum atomic E-state index is 4.56. The Morgan fingerprint density at radius 1 is 1.25 bits per heavy atom. The second-order valence-corrected chi connectivity index (χ2v) is 5.62. The Balaban J connectivity index is 2.81. The van der Waals surface area contributed by atoms with Crippen molar-refractivity contribution >= 4 is 0 Å². The van der Waals surface area contributed by atoms with Crippen LogP contribution in [0.15, 0.2) is 6.07 Å². The predicted molar refractivity (Wildman–Crippen MR) is 67.5 cm³/mol. The summed E-state index contributed by atoms with van der Waals surface area (Å²) in [5.74, 6) is 1.32. The second kappa shape index (κ2) is 4.91. The molecule has 1 aromatic heterocycles. The van der Waals surface area contributed by atoms with Crippen LogP contribution in [0.1, 0.15) is 57.7 Å². The molecule has 0 aromatic carbocycles. The summed E-state index contributed by atoms with van der Waals surface area (Å²) in [5, 5.41) is 3.44. The highest BCUT2D eigenvalue weighted by Gasteiger charge is 2.11. The van der Waals surface area contributed by atoms with Crippen LogP contribution in [0.2, 0.25) is 0 Å². The number of rotatable bonds is 3. The molecule has 3 nitrogen and oxygen atoms in total. The van der Waals surface area contributed by atoms with Crippen LogP contribution in [0.3, 0.4) is 0 Å². The van der Waals surface area contributed by atoms with Gasteiger partial charge in [0.1, 0.15) is 5.82 Å². The monoisotopic (exact) mass is 221 g/mol. The van der Waals surface area contributed by atoms with E-state index in [1.165, 1.54) is 0 Å². The van der Waals surface area contributed by atoms with Crippen molar-refractivity contribution in [3.05, 3.63) is 23.3 Å². The molecule has 0 amide bonds. The Hall–Kier alpha value is -0.960. The van der Waals surface area contributed by atoms with Gasteiger partial charge in [-0.25, -0.2) is 9.97 Å². The summed E-state index contributed by atoms with van der Waals surface area (Å²) >= 11 is 0. The molecule has 0 spiro atoms. The van der Waals surface area contributed by atoms with Gasteiger partial charge < -0.3 is 5.32 Å². The van der Waals surface area contributed by atoms with Gasteiger partial charge in [0.05, 0.1) is 5.69 Å². The van der Waals surface area contributed by atoms with E-state index in [0.29, 0.717) is 5.92 Å². The molecule has 1 rings (SSSR count). The van der Waals surface area contributed by atoms with Crippen LogP contribution >= 0.6 is 0 Å². The topological polar surface area (TPSA) is 37.8 Å². The zero-order valence-corrected chi connectivity index (χ0v) is 11.3. The fraction of sp³-hybridized carbons (Fsp3) is 0.692. The molecule has 0 aliphatic rings. The Labute approximate surface area is 98.7 Å². The summed E-state index contributed by atoms with van der Waals surface area (Å²) in [6.07, 6.45) is 0. The first-order chi connectivity index (χ1) is 7.28. The summed E-state index contributed by atoms with van der Waals surface area (Å²) in [4.78, 5) is 9.00. The van der Waals surface area contributed by atoms with Gasteiger partial charge >= 0.3 is 0 Å². The van der Waals surface area contributed by atoms with Crippen molar-refractivity contribution in [1.82, 2.24) is 15.3 Å². The van der Waals surface area contributed by atoms with Crippen molar-refractivity contribution in [2.75, 3.05) is 0 Å². The number of hydrogen-bond donors (Lipinski definition) is 1. The molecule has 1 aromatic rings. The zero-order chi connectivity index (χ0) is 12.3. The minimum atomic E-state index is 0.122. The molecule has 1 N–H and O–H groups in total. The van der Waals surface area contributed by atoms with Gasteiger partial charge in [-0.1, -0.05) is 13.8 Å². The van der Waals surface area contributed by atoms with Crippen molar-refractivity contribution in [3.63, 3.8) is 0 Å². The third-order valence-corrected chi connectivity index (χ3v) is 2.24. The van der Waals surface area contributed by atoms with Gasteiger partial charge in [0, 0.05) is 23.7 Å². The minimum absolute atomic E-state index is 0.122. The quantitative estimate of drug-likeness (QED) is 0.853. The summed E-state index contributed by atoms with van der Waals surface area (Å²) in [7, 11) is 0. The lowest BCUT2D eigenvalue weighted by atomic mass is 10.1. The zero-order valence-electron chi connectivity index (χ0n) is 11.3. The minimum Gasteiger partial charge on any atom is -0.306 e. The number of aryl methyl sites for hydroxylation is 1. The van der Waals surface area contributed by atoms with Crippen molar-refractivity contribution < 1.29 is 0 Å². The van der Waals surface area contributed by atoms with Gasteiger partial charge in [0.15, 0.2) is 0 Å². The van der Waals surface area contributed by atoms with Gasteiger partial charge in [-0.05, 0) is 33.8 Å². The first kappa shape index (κ1) is 13.1. The third-order valence-electron chi connectivity index (χ3n) is 2.24. The molecular formula is C13H23N3. The van der Waals surface area contributed by atoms with Gasteiger partial charge in [-0.3, -0.25) is 0 Å². The summed E-state index contributed by atoms with van der Waals surface area (Å²) in [5.41, 5.74) is 2.24. The molecule has 0 saturated heterocycles. The molecule has 90 valence electrons. The van der Waals surface area contributed by atoms with Crippen molar-refractivity contribution in [3.8, 4) is 0 Å². The van der Waals surface area contributed by atoms with Crippen molar-refractivity contribution in [1.29, 1.82) is 0 Å². The highest BCUT2D eigenvalue weighted by Crippen LogP contribution is 2.11. The van der Waals surface area contributed by atoms with Crippen LogP contribution in [-0.2, 0) is 6.54 Å². The third kappa shape index (κ3) is 4.27. The summed E-state index contributed by atoms with van der Waals surface area (Å²) in [6, 6.07) is 2.05. The molecule has 3 heteroatoms. The molecule has 0 radical (unpaired) electrons. The molecule has 0 saturated carbocycles. The lowest BCUT2D eigenvalue weighted by molar-refractivity contribution is 0.420. The highest BCUT2D eigenvalue weighted by molar-refractivity contribution is 5.11. The molecule has 0 fully saturated rings. The van der Waals surface area contributed by atoms with Crippen LogP contribution in [0, 0.1) is 6.92 Å². The maximum absolute atomic E-state index is 4.56. The Morgan fingerprint density at radius 3 is 2.38 bits per heavy atom. The van der Waals surface area contributed by atoms with E-state index in [0.717, 1.165) is 23.8 Å². The molecule has 0 aliphatic carbocycles. The van der Waals surface area contributed by atoms with E-state index in [1.807, 2.05) is 13.0 Å². The Bertz CT molecular complexity index is 351. The average molecular weight is 221 g/mol. The van der Waals surface area contributed by atoms with Crippen LogP contribution in [0.4, 0.5) is 0 Å². The van der Waals surface area contributed by atoms with Gasteiger partial charge in [0.2, 0.25) is 0 Å². The van der Waals surface area contributed by atoms with Crippen LogP contribution in [-0.4, -0.2) is 15.5 Å². The van der Waals surface area contributed by atoms with Gasteiger partial charge in [0.25, 0.3) is 0 Å². The fourth-order valence-corrected chi connectivity index (χ4v) is 1.36. The van der Waals surface area contributed by atoms with Crippen LogP contribution in [0.25, 0.3) is 0 Å². The molecule has 0 unspecified atom stereocenters. The van der Waals surface area contributed by atoms with Crippen molar-refractivity contribution in [2.45, 2.75) is 59.5 Å². The second-order valence-electron chi connectivity index (χ2n) is 5.62. The highest BCUT2D eigenvalue weighted by atomic mass is 15.0. The van der Waals surface area contributed by atoms with E-state index >= 15 is 0 Å². The number of hydrogen-bond acceptors (Lipinski definition) is 3. The normalized spacial score (nSPS) is 12.2. The predicted octanol–water partition coefficient (Wildman–Crippen LogP) is 2.80. The number of nitrogens with one attached hydrogen (secondary N) is 1. The molecule has 0 aliphatic heterocycles. The number of nitrogens with zero attached hydrogens (tertiary/aromatic N) is 2. The van der Waals surface area contributed by atoms with Crippen molar-refractivity contribution in [2.24, 2.45) is 0 Å². The molecule has 0 atom stereocenters. The first-order valence-electron chi connectivity index (χ1n) is 5.87. The molecule has 16 heavy (non-hydrogen) atoms.